The Morgan fingerprint density at radius 3 is 1.10 bits per heavy atom. The maximum atomic E-state index is 4.35. The summed E-state index contributed by atoms with van der Waals surface area (Å²) in [6, 6.07) is 63.7. The number of rotatable bonds is 28. The van der Waals surface area contributed by atoms with Gasteiger partial charge in [-0.1, -0.05) is 256 Å². The first-order chi connectivity index (χ1) is 30.7. The molecule has 0 heterocycles. The number of anilines is 1. The number of benzene rings is 6. The standard InChI is InChI=1S/C59H75N3/c1-4-7-10-28-41-54(47-31-18-13-19-32-47)60-57-45-44-52(58(50-37-24-16-25-38-50)61-55(42-29-11-8-5-2)48-33-20-14-21-34-48)46-53(57)59(51-39-26-17-27-40-51)62-56(43-30-12-9-6-3)49-35-22-15-23-36-49/h13-27,31-40,44-46,54-56,58-62H,4-12,28-30,41-43H2,1-3H3. The van der Waals surface area contributed by atoms with Crippen LogP contribution in [0.5, 0.6) is 0 Å². The van der Waals surface area contributed by atoms with Gasteiger partial charge >= 0.3 is 0 Å². The van der Waals surface area contributed by atoms with Crippen LogP contribution in [-0.2, 0) is 0 Å². The zero-order valence-corrected chi connectivity index (χ0v) is 38.2. The fourth-order valence-electron chi connectivity index (χ4n) is 9.16. The Morgan fingerprint density at radius 2 is 0.677 bits per heavy atom. The van der Waals surface area contributed by atoms with E-state index in [1.54, 1.807) is 0 Å². The number of nitrogens with one attached hydrogen (secondary N) is 3. The zero-order valence-electron chi connectivity index (χ0n) is 38.2. The van der Waals surface area contributed by atoms with Gasteiger partial charge < -0.3 is 5.32 Å². The summed E-state index contributed by atoms with van der Waals surface area (Å²) in [4.78, 5) is 0. The van der Waals surface area contributed by atoms with Gasteiger partial charge in [0.15, 0.2) is 0 Å². The summed E-state index contributed by atoms with van der Waals surface area (Å²) < 4.78 is 0. The third kappa shape index (κ3) is 14.3. The van der Waals surface area contributed by atoms with Crippen molar-refractivity contribution in [1.29, 1.82) is 0 Å². The van der Waals surface area contributed by atoms with Crippen molar-refractivity contribution in [1.82, 2.24) is 10.6 Å². The SMILES string of the molecule is CCCCCCC(Nc1ccc(C(NC(CCCCCC)c2ccccc2)c2ccccc2)cc1C(NC(CCCCCC)c1ccccc1)c1ccccc1)c1ccccc1. The molecule has 6 rings (SSSR count). The first kappa shape index (κ1) is 46.5. The van der Waals surface area contributed by atoms with E-state index >= 15 is 0 Å². The Balaban J connectivity index is 1.49. The number of hydrogen-bond donors (Lipinski definition) is 3. The third-order valence-electron chi connectivity index (χ3n) is 12.7. The Bertz CT molecular complexity index is 2050. The number of unbranched alkanes of at least 4 members (excludes halogenated alkanes) is 9. The van der Waals surface area contributed by atoms with E-state index in [0.29, 0.717) is 0 Å². The molecule has 62 heavy (non-hydrogen) atoms. The first-order valence-electron chi connectivity index (χ1n) is 24.4. The van der Waals surface area contributed by atoms with Gasteiger partial charge in [-0.3, -0.25) is 10.6 Å². The van der Waals surface area contributed by atoms with Crippen molar-refractivity contribution in [2.45, 2.75) is 147 Å². The van der Waals surface area contributed by atoms with Crippen LogP contribution >= 0.6 is 0 Å². The molecule has 0 aromatic heterocycles. The predicted octanol–water partition coefficient (Wildman–Crippen LogP) is 16.6. The summed E-state index contributed by atoms with van der Waals surface area (Å²) in [5, 5.41) is 12.8. The molecular formula is C59H75N3. The molecule has 3 heteroatoms. The molecule has 0 aliphatic rings. The summed E-state index contributed by atoms with van der Waals surface area (Å²) in [6.45, 7) is 6.91. The van der Waals surface area contributed by atoms with Crippen molar-refractivity contribution in [2.24, 2.45) is 0 Å². The molecule has 0 saturated heterocycles. The third-order valence-corrected chi connectivity index (χ3v) is 12.7. The average Bonchev–Trinajstić information content (AvgIpc) is 3.33. The van der Waals surface area contributed by atoms with Gasteiger partial charge in [0, 0.05) is 17.8 Å². The van der Waals surface area contributed by atoms with Crippen LogP contribution in [-0.4, -0.2) is 0 Å². The van der Waals surface area contributed by atoms with Gasteiger partial charge in [0.2, 0.25) is 0 Å². The fourth-order valence-corrected chi connectivity index (χ4v) is 9.16. The highest BCUT2D eigenvalue weighted by Crippen LogP contribution is 2.39. The molecule has 5 unspecified atom stereocenters. The van der Waals surface area contributed by atoms with Crippen LogP contribution < -0.4 is 16.0 Å². The van der Waals surface area contributed by atoms with E-state index in [2.05, 4.69) is 207 Å². The molecule has 0 bridgehead atoms. The molecule has 6 aromatic carbocycles. The van der Waals surface area contributed by atoms with Crippen LogP contribution in [0.1, 0.15) is 186 Å². The molecule has 6 aromatic rings. The van der Waals surface area contributed by atoms with Crippen LogP contribution in [0.15, 0.2) is 170 Å². The molecule has 0 spiro atoms. The lowest BCUT2D eigenvalue weighted by Crippen LogP contribution is -2.30. The lowest BCUT2D eigenvalue weighted by molar-refractivity contribution is 0.433. The minimum absolute atomic E-state index is 0.00488. The van der Waals surface area contributed by atoms with Gasteiger partial charge in [0.25, 0.3) is 0 Å². The summed E-state index contributed by atoms with van der Waals surface area (Å²) in [6.07, 6.45) is 18.2. The van der Waals surface area contributed by atoms with Crippen LogP contribution in [0, 0.1) is 0 Å². The van der Waals surface area contributed by atoms with E-state index < -0.39 is 0 Å². The van der Waals surface area contributed by atoms with Crippen molar-refractivity contribution in [3.63, 3.8) is 0 Å². The van der Waals surface area contributed by atoms with E-state index in [0.717, 1.165) is 19.3 Å². The molecule has 0 fully saturated rings. The number of hydrogen-bond acceptors (Lipinski definition) is 3. The van der Waals surface area contributed by atoms with Crippen LogP contribution in [0.3, 0.4) is 0 Å². The molecule has 5 atom stereocenters. The maximum Gasteiger partial charge on any atom is 0.0602 e. The lowest BCUT2D eigenvalue weighted by atomic mass is 9.88. The Hall–Kier alpha value is -4.96. The van der Waals surface area contributed by atoms with Crippen LogP contribution in [0.4, 0.5) is 5.69 Å². The van der Waals surface area contributed by atoms with Gasteiger partial charge in [-0.05, 0) is 70.3 Å². The first-order valence-corrected chi connectivity index (χ1v) is 24.4. The molecular weight excluding hydrogens is 751 g/mol. The van der Waals surface area contributed by atoms with Crippen molar-refractivity contribution in [3.8, 4) is 0 Å². The second kappa shape index (κ2) is 26.5. The van der Waals surface area contributed by atoms with Gasteiger partial charge in [-0.2, -0.15) is 0 Å². The molecule has 0 aliphatic heterocycles. The lowest BCUT2D eigenvalue weighted by Gasteiger charge is -2.32. The van der Waals surface area contributed by atoms with Crippen molar-refractivity contribution >= 4 is 5.69 Å². The summed E-state index contributed by atoms with van der Waals surface area (Å²) in [7, 11) is 0. The molecule has 3 N–H and O–H groups in total. The van der Waals surface area contributed by atoms with E-state index in [9.17, 15) is 0 Å². The maximum absolute atomic E-state index is 4.35. The minimum Gasteiger partial charge on any atom is -0.378 e. The molecule has 0 saturated carbocycles. The summed E-state index contributed by atoms with van der Waals surface area (Å²) in [5.74, 6) is 0. The van der Waals surface area contributed by atoms with Gasteiger partial charge in [-0.15, -0.1) is 0 Å². The van der Waals surface area contributed by atoms with Crippen molar-refractivity contribution in [3.05, 3.63) is 209 Å². The minimum atomic E-state index is -0.0538. The summed E-state index contributed by atoms with van der Waals surface area (Å²) in [5.41, 5.74) is 10.4. The zero-order chi connectivity index (χ0) is 43.0. The van der Waals surface area contributed by atoms with Gasteiger partial charge in [0.05, 0.1) is 18.1 Å². The molecule has 0 aliphatic carbocycles. The molecule has 326 valence electrons. The average molecular weight is 826 g/mol. The summed E-state index contributed by atoms with van der Waals surface area (Å²) >= 11 is 0. The Morgan fingerprint density at radius 1 is 0.323 bits per heavy atom. The largest absolute Gasteiger partial charge is 0.378 e. The normalized spacial score (nSPS) is 13.9. The highest BCUT2D eigenvalue weighted by molar-refractivity contribution is 5.59. The van der Waals surface area contributed by atoms with Crippen molar-refractivity contribution < 1.29 is 0 Å². The highest BCUT2D eigenvalue weighted by Gasteiger charge is 2.27. The topological polar surface area (TPSA) is 36.1 Å². The van der Waals surface area contributed by atoms with Crippen LogP contribution in [0.2, 0.25) is 0 Å². The quantitative estimate of drug-likeness (QED) is 0.0431. The second-order valence-electron chi connectivity index (χ2n) is 17.4. The van der Waals surface area contributed by atoms with E-state index in [4.69, 9.17) is 0 Å². The Kier molecular flexibility index (Phi) is 19.9. The van der Waals surface area contributed by atoms with E-state index in [1.165, 1.54) is 122 Å². The van der Waals surface area contributed by atoms with Gasteiger partial charge in [0.1, 0.15) is 0 Å². The second-order valence-corrected chi connectivity index (χ2v) is 17.4. The smallest absolute Gasteiger partial charge is 0.0602 e. The van der Waals surface area contributed by atoms with E-state index in [1.807, 2.05) is 0 Å². The molecule has 0 amide bonds. The monoisotopic (exact) mass is 826 g/mol. The molecule has 0 radical (unpaired) electrons. The fraction of sp³-hybridized carbons (Fsp3) is 0.390. The van der Waals surface area contributed by atoms with Gasteiger partial charge in [-0.25, -0.2) is 0 Å². The molecule has 3 nitrogen and oxygen atoms in total. The van der Waals surface area contributed by atoms with E-state index in [-0.39, 0.29) is 30.2 Å². The highest BCUT2D eigenvalue weighted by atomic mass is 15.0. The van der Waals surface area contributed by atoms with Crippen molar-refractivity contribution in [2.75, 3.05) is 5.32 Å². The Labute approximate surface area is 376 Å². The van der Waals surface area contributed by atoms with Crippen LogP contribution in [0.25, 0.3) is 0 Å². The predicted molar refractivity (Wildman–Crippen MR) is 267 cm³/mol.